The zero-order chi connectivity index (χ0) is 13.4. The van der Waals surface area contributed by atoms with Crippen LogP contribution in [0.3, 0.4) is 0 Å². The van der Waals surface area contributed by atoms with Gasteiger partial charge < -0.3 is 25.0 Å². The van der Waals surface area contributed by atoms with Gasteiger partial charge in [0.15, 0.2) is 0 Å². The molecular formula is C12H17NO5. The molecular weight excluding hydrogens is 238 g/mol. The first-order chi connectivity index (χ1) is 8.67. The fraction of sp³-hybridized carbons (Fsp3) is 0.417. The molecule has 0 bridgehead atoms. The van der Waals surface area contributed by atoms with Crippen molar-refractivity contribution in [1.82, 2.24) is 4.90 Å². The molecule has 1 aromatic rings. The van der Waals surface area contributed by atoms with Crippen molar-refractivity contribution in [2.45, 2.75) is 6.61 Å². The van der Waals surface area contributed by atoms with E-state index in [0.717, 1.165) is 5.56 Å². The van der Waals surface area contributed by atoms with Gasteiger partial charge in [0.2, 0.25) is 0 Å². The summed E-state index contributed by atoms with van der Waals surface area (Å²) in [6.45, 7) is -0.0565. The molecule has 0 aliphatic heterocycles. The third-order valence-corrected chi connectivity index (χ3v) is 2.30. The third kappa shape index (κ3) is 4.60. The molecule has 0 aliphatic carbocycles. The maximum atomic E-state index is 11.6. The number of hydrogen-bond donors (Lipinski definition) is 3. The molecule has 0 radical (unpaired) electrons. The summed E-state index contributed by atoms with van der Waals surface area (Å²) in [4.78, 5) is 12.8. The van der Waals surface area contributed by atoms with Gasteiger partial charge in [-0.25, -0.2) is 4.79 Å². The van der Waals surface area contributed by atoms with Crippen molar-refractivity contribution in [3.8, 4) is 5.75 Å². The summed E-state index contributed by atoms with van der Waals surface area (Å²) < 4.78 is 5.02. The Morgan fingerprint density at radius 2 is 1.67 bits per heavy atom. The number of carbonyl (C=O) groups excluding carboxylic acids is 1. The van der Waals surface area contributed by atoms with Gasteiger partial charge >= 0.3 is 6.09 Å². The molecule has 0 fully saturated rings. The highest BCUT2D eigenvalue weighted by atomic mass is 16.6. The zero-order valence-corrected chi connectivity index (χ0v) is 9.95. The molecule has 1 amide bonds. The van der Waals surface area contributed by atoms with Gasteiger partial charge in [0.25, 0.3) is 0 Å². The number of phenolic OH excluding ortho intramolecular Hbond substituents is 1. The molecule has 6 heteroatoms. The largest absolute Gasteiger partial charge is 0.508 e. The van der Waals surface area contributed by atoms with Gasteiger partial charge in [-0.05, 0) is 17.7 Å². The predicted octanol–water partition coefficient (Wildman–Crippen LogP) is 0.315. The summed E-state index contributed by atoms with van der Waals surface area (Å²) in [6, 6.07) is 6.29. The Bertz CT molecular complexity index is 359. The highest BCUT2D eigenvalue weighted by molar-refractivity contribution is 5.67. The Morgan fingerprint density at radius 1 is 1.11 bits per heavy atom. The third-order valence-electron chi connectivity index (χ3n) is 2.30. The van der Waals surface area contributed by atoms with E-state index >= 15 is 0 Å². The standard InChI is InChI=1S/C12H17NO5/c14-7-5-13(6-8-15)12(17)18-9-10-1-3-11(16)4-2-10/h1-4,14-16H,5-9H2. The van der Waals surface area contributed by atoms with E-state index in [1.165, 1.54) is 17.0 Å². The Kier molecular flexibility index (Phi) is 5.96. The van der Waals surface area contributed by atoms with E-state index in [2.05, 4.69) is 0 Å². The molecule has 100 valence electrons. The van der Waals surface area contributed by atoms with Crippen molar-refractivity contribution in [3.05, 3.63) is 29.8 Å². The van der Waals surface area contributed by atoms with Crippen LogP contribution < -0.4 is 0 Å². The maximum Gasteiger partial charge on any atom is 0.410 e. The Labute approximate surface area is 105 Å². The molecule has 0 saturated carbocycles. The SMILES string of the molecule is O=C(OCc1ccc(O)cc1)N(CCO)CCO. The highest BCUT2D eigenvalue weighted by Gasteiger charge is 2.13. The second-order valence-electron chi connectivity index (χ2n) is 3.66. The first kappa shape index (κ1) is 14.3. The lowest BCUT2D eigenvalue weighted by molar-refractivity contribution is 0.0808. The van der Waals surface area contributed by atoms with Crippen LogP contribution in [0.15, 0.2) is 24.3 Å². The Balaban J connectivity index is 2.45. The molecule has 3 N–H and O–H groups in total. The monoisotopic (exact) mass is 255 g/mol. The van der Waals surface area contributed by atoms with Gasteiger partial charge in [0, 0.05) is 13.1 Å². The Hall–Kier alpha value is -1.79. The zero-order valence-electron chi connectivity index (χ0n) is 9.95. The molecule has 1 rings (SSSR count). The average molecular weight is 255 g/mol. The molecule has 0 spiro atoms. The minimum absolute atomic E-state index is 0.0759. The average Bonchev–Trinajstić information content (AvgIpc) is 2.37. The normalized spacial score (nSPS) is 10.1. The first-order valence-corrected chi connectivity index (χ1v) is 5.58. The van der Waals surface area contributed by atoms with Crippen molar-refractivity contribution in [1.29, 1.82) is 0 Å². The quantitative estimate of drug-likeness (QED) is 0.681. The molecule has 0 aromatic heterocycles. The van der Waals surface area contributed by atoms with Crippen LogP contribution in [0.2, 0.25) is 0 Å². The smallest absolute Gasteiger partial charge is 0.410 e. The number of rotatable bonds is 6. The van der Waals surface area contributed by atoms with Crippen molar-refractivity contribution < 1.29 is 24.9 Å². The van der Waals surface area contributed by atoms with Gasteiger partial charge in [-0.3, -0.25) is 0 Å². The molecule has 0 unspecified atom stereocenters. The van der Waals surface area contributed by atoms with Crippen molar-refractivity contribution in [3.63, 3.8) is 0 Å². The fourth-order valence-electron chi connectivity index (χ4n) is 1.36. The number of aromatic hydroxyl groups is 1. The molecule has 18 heavy (non-hydrogen) atoms. The number of benzene rings is 1. The fourth-order valence-corrected chi connectivity index (χ4v) is 1.36. The number of aliphatic hydroxyl groups is 2. The number of phenols is 1. The first-order valence-electron chi connectivity index (χ1n) is 5.58. The minimum Gasteiger partial charge on any atom is -0.508 e. The lowest BCUT2D eigenvalue weighted by atomic mass is 10.2. The van der Waals surface area contributed by atoms with Gasteiger partial charge in [-0.1, -0.05) is 12.1 Å². The molecule has 0 saturated heterocycles. The summed E-state index contributed by atoms with van der Waals surface area (Å²) >= 11 is 0. The van der Waals surface area contributed by atoms with Crippen LogP contribution in [0.4, 0.5) is 4.79 Å². The topological polar surface area (TPSA) is 90.2 Å². The number of aliphatic hydroxyl groups excluding tert-OH is 2. The van der Waals surface area contributed by atoms with E-state index in [0.29, 0.717) is 0 Å². The van der Waals surface area contributed by atoms with Crippen LogP contribution in [0.5, 0.6) is 5.75 Å². The second-order valence-corrected chi connectivity index (χ2v) is 3.66. The summed E-state index contributed by atoms with van der Waals surface area (Å²) in [5, 5.41) is 26.6. The molecule has 6 nitrogen and oxygen atoms in total. The number of ether oxygens (including phenoxy) is 1. The van der Waals surface area contributed by atoms with E-state index < -0.39 is 6.09 Å². The number of carbonyl (C=O) groups is 1. The van der Waals surface area contributed by atoms with E-state index in [9.17, 15) is 4.79 Å². The summed E-state index contributed by atoms with van der Waals surface area (Å²) in [6.07, 6.45) is -0.592. The van der Waals surface area contributed by atoms with E-state index in [1.54, 1.807) is 12.1 Å². The van der Waals surface area contributed by atoms with Crippen LogP contribution >= 0.6 is 0 Å². The maximum absolute atomic E-state index is 11.6. The van der Waals surface area contributed by atoms with Gasteiger partial charge in [-0.15, -0.1) is 0 Å². The van der Waals surface area contributed by atoms with E-state index in [4.69, 9.17) is 20.1 Å². The Morgan fingerprint density at radius 3 is 2.17 bits per heavy atom. The molecule has 0 heterocycles. The van der Waals surface area contributed by atoms with Crippen LogP contribution in [-0.2, 0) is 11.3 Å². The van der Waals surface area contributed by atoms with Crippen LogP contribution in [0.25, 0.3) is 0 Å². The van der Waals surface area contributed by atoms with Gasteiger partial charge in [-0.2, -0.15) is 0 Å². The predicted molar refractivity (Wildman–Crippen MR) is 64.0 cm³/mol. The van der Waals surface area contributed by atoms with Crippen LogP contribution in [0, 0.1) is 0 Å². The number of hydrogen-bond acceptors (Lipinski definition) is 5. The van der Waals surface area contributed by atoms with E-state index in [-0.39, 0.29) is 38.7 Å². The van der Waals surface area contributed by atoms with Crippen LogP contribution in [0.1, 0.15) is 5.56 Å². The molecule has 0 atom stereocenters. The summed E-state index contributed by atoms with van der Waals surface area (Å²) in [7, 11) is 0. The van der Waals surface area contributed by atoms with Gasteiger partial charge in [0.05, 0.1) is 13.2 Å². The number of amides is 1. The van der Waals surface area contributed by atoms with E-state index in [1.807, 2.05) is 0 Å². The highest BCUT2D eigenvalue weighted by Crippen LogP contribution is 2.10. The summed E-state index contributed by atoms with van der Waals surface area (Å²) in [5.74, 6) is 0.146. The van der Waals surface area contributed by atoms with Crippen molar-refractivity contribution in [2.24, 2.45) is 0 Å². The van der Waals surface area contributed by atoms with Crippen molar-refractivity contribution >= 4 is 6.09 Å². The number of nitrogens with zero attached hydrogens (tertiary/aromatic N) is 1. The lowest BCUT2D eigenvalue weighted by Crippen LogP contribution is -2.36. The minimum atomic E-state index is -0.592. The summed E-state index contributed by atoms with van der Waals surface area (Å²) in [5.41, 5.74) is 0.745. The second kappa shape index (κ2) is 7.52. The molecule has 0 aliphatic rings. The van der Waals surface area contributed by atoms with Crippen LogP contribution in [-0.4, -0.2) is 52.6 Å². The lowest BCUT2D eigenvalue weighted by Gasteiger charge is -2.19. The van der Waals surface area contributed by atoms with Crippen molar-refractivity contribution in [2.75, 3.05) is 26.3 Å². The molecule has 1 aromatic carbocycles. The van der Waals surface area contributed by atoms with Gasteiger partial charge in [0.1, 0.15) is 12.4 Å².